The number of nitrogens with zero attached hydrogens (tertiary/aromatic N) is 2. The first-order valence-electron chi connectivity index (χ1n) is 7.31. The molecule has 0 spiro atoms. The molecule has 0 aliphatic rings. The molecule has 21 heavy (non-hydrogen) atoms. The second-order valence-electron chi connectivity index (χ2n) is 5.12. The van der Waals surface area contributed by atoms with Gasteiger partial charge in [-0.25, -0.2) is 0 Å². The van der Waals surface area contributed by atoms with Gasteiger partial charge < -0.3 is 5.32 Å². The van der Waals surface area contributed by atoms with Gasteiger partial charge in [-0.3, -0.25) is 4.68 Å². The van der Waals surface area contributed by atoms with E-state index in [4.69, 9.17) is 23.2 Å². The first-order valence-corrected chi connectivity index (χ1v) is 8.06. The molecule has 1 unspecified atom stereocenters. The Morgan fingerprint density at radius 2 is 1.90 bits per heavy atom. The first kappa shape index (κ1) is 16.3. The number of likely N-dealkylation sites (N-methyl/N-ethyl adjacent to an activating group) is 1. The minimum Gasteiger partial charge on any atom is -0.314 e. The summed E-state index contributed by atoms with van der Waals surface area (Å²) in [5, 5.41) is 9.07. The van der Waals surface area contributed by atoms with Gasteiger partial charge in [-0.2, -0.15) is 5.10 Å². The maximum Gasteiger partial charge on any atom is 0.0595 e. The normalized spacial score (nSPS) is 12.6. The van der Waals surface area contributed by atoms with Gasteiger partial charge in [0.05, 0.1) is 16.2 Å². The van der Waals surface area contributed by atoms with Crippen molar-refractivity contribution in [3.8, 4) is 0 Å². The molecule has 3 nitrogen and oxygen atoms in total. The lowest BCUT2D eigenvalue weighted by molar-refractivity contribution is 0.521. The predicted octanol–water partition coefficient (Wildman–Crippen LogP) is 3.97. The highest BCUT2D eigenvalue weighted by Crippen LogP contribution is 2.23. The lowest BCUT2D eigenvalue weighted by Crippen LogP contribution is -2.33. The fraction of sp³-hybridized carbons (Fsp3) is 0.438. The van der Waals surface area contributed by atoms with Crippen LogP contribution in [0.5, 0.6) is 0 Å². The van der Waals surface area contributed by atoms with E-state index in [1.54, 1.807) is 0 Å². The Morgan fingerprint density at radius 1 is 1.14 bits per heavy atom. The summed E-state index contributed by atoms with van der Waals surface area (Å²) in [5.74, 6) is 0. The first-order chi connectivity index (χ1) is 10.1. The Balaban J connectivity index is 2.05. The molecule has 2 aromatic rings. The second kappa shape index (κ2) is 7.83. The zero-order valence-corrected chi connectivity index (χ0v) is 14.0. The SMILES string of the molecule is CCNC(Cc1ccc(Cl)c(Cl)c1)Cc1cnn(CC)c1. The van der Waals surface area contributed by atoms with E-state index in [1.807, 2.05) is 29.1 Å². The monoisotopic (exact) mass is 325 g/mol. The van der Waals surface area contributed by atoms with Gasteiger partial charge in [-0.05, 0) is 49.6 Å². The Bertz CT molecular complexity index is 581. The average Bonchev–Trinajstić information content (AvgIpc) is 2.91. The molecule has 0 saturated heterocycles. The van der Waals surface area contributed by atoms with E-state index in [-0.39, 0.29) is 0 Å². The Morgan fingerprint density at radius 3 is 2.52 bits per heavy atom. The van der Waals surface area contributed by atoms with Crippen molar-refractivity contribution < 1.29 is 0 Å². The van der Waals surface area contributed by atoms with Crippen molar-refractivity contribution in [2.24, 2.45) is 0 Å². The molecule has 0 bridgehead atoms. The summed E-state index contributed by atoms with van der Waals surface area (Å²) in [6, 6.07) is 6.21. The lowest BCUT2D eigenvalue weighted by atomic mass is 10.0. The number of nitrogens with one attached hydrogen (secondary N) is 1. The molecule has 0 aliphatic heterocycles. The molecule has 0 saturated carbocycles. The molecule has 0 fully saturated rings. The standard InChI is InChI=1S/C16H21Cl2N3/c1-3-19-14(8-13-10-20-21(4-2)11-13)7-12-5-6-15(17)16(18)9-12/h5-6,9-11,14,19H,3-4,7-8H2,1-2H3. The lowest BCUT2D eigenvalue weighted by Gasteiger charge is -2.17. The van der Waals surface area contributed by atoms with Gasteiger partial charge in [0.15, 0.2) is 0 Å². The highest BCUT2D eigenvalue weighted by molar-refractivity contribution is 6.42. The van der Waals surface area contributed by atoms with Crippen LogP contribution in [0, 0.1) is 0 Å². The van der Waals surface area contributed by atoms with Crippen LogP contribution < -0.4 is 5.32 Å². The molecule has 1 N–H and O–H groups in total. The average molecular weight is 326 g/mol. The van der Waals surface area contributed by atoms with Crippen molar-refractivity contribution in [1.82, 2.24) is 15.1 Å². The number of aromatic nitrogens is 2. The number of benzene rings is 1. The van der Waals surface area contributed by atoms with Crippen LogP contribution in [0.1, 0.15) is 25.0 Å². The van der Waals surface area contributed by atoms with Crippen molar-refractivity contribution in [1.29, 1.82) is 0 Å². The summed E-state index contributed by atoms with van der Waals surface area (Å²) in [7, 11) is 0. The van der Waals surface area contributed by atoms with E-state index < -0.39 is 0 Å². The third kappa shape index (κ3) is 4.73. The molecular weight excluding hydrogens is 305 g/mol. The van der Waals surface area contributed by atoms with Crippen LogP contribution in [0.25, 0.3) is 0 Å². The molecule has 1 heterocycles. The van der Waals surface area contributed by atoms with Crippen molar-refractivity contribution >= 4 is 23.2 Å². The summed E-state index contributed by atoms with van der Waals surface area (Å²) < 4.78 is 1.96. The summed E-state index contributed by atoms with van der Waals surface area (Å²) in [5.41, 5.74) is 2.45. The summed E-state index contributed by atoms with van der Waals surface area (Å²) in [4.78, 5) is 0. The van der Waals surface area contributed by atoms with E-state index in [2.05, 4.69) is 30.5 Å². The van der Waals surface area contributed by atoms with Gasteiger partial charge in [-0.1, -0.05) is 36.2 Å². The second-order valence-corrected chi connectivity index (χ2v) is 5.93. The molecule has 1 atom stereocenters. The van der Waals surface area contributed by atoms with Gasteiger partial charge in [-0.15, -0.1) is 0 Å². The minimum atomic E-state index is 0.363. The van der Waals surface area contributed by atoms with E-state index in [0.717, 1.165) is 25.9 Å². The largest absolute Gasteiger partial charge is 0.314 e. The Hall–Kier alpha value is -1.03. The molecule has 1 aromatic carbocycles. The molecule has 0 aliphatic carbocycles. The van der Waals surface area contributed by atoms with Gasteiger partial charge >= 0.3 is 0 Å². The molecule has 0 amide bonds. The minimum absolute atomic E-state index is 0.363. The maximum atomic E-state index is 6.09. The third-order valence-corrected chi connectivity index (χ3v) is 4.19. The number of halogens is 2. The van der Waals surface area contributed by atoms with Gasteiger partial charge in [0.1, 0.15) is 0 Å². The summed E-state index contributed by atoms with van der Waals surface area (Å²) >= 11 is 12.1. The van der Waals surface area contributed by atoms with E-state index in [0.29, 0.717) is 16.1 Å². The van der Waals surface area contributed by atoms with Crippen LogP contribution in [0.15, 0.2) is 30.6 Å². The summed E-state index contributed by atoms with van der Waals surface area (Å²) in [6.07, 6.45) is 5.93. The number of rotatable bonds is 7. The van der Waals surface area contributed by atoms with E-state index >= 15 is 0 Å². The number of hydrogen-bond acceptors (Lipinski definition) is 2. The molecule has 1 aromatic heterocycles. The highest BCUT2D eigenvalue weighted by Gasteiger charge is 2.12. The predicted molar refractivity (Wildman–Crippen MR) is 89.2 cm³/mol. The van der Waals surface area contributed by atoms with E-state index in [1.165, 1.54) is 11.1 Å². The number of aryl methyl sites for hydroxylation is 1. The van der Waals surface area contributed by atoms with Crippen molar-refractivity contribution in [2.75, 3.05) is 6.54 Å². The smallest absolute Gasteiger partial charge is 0.0595 e. The van der Waals surface area contributed by atoms with E-state index in [9.17, 15) is 0 Å². The molecule has 2 rings (SSSR count). The quantitative estimate of drug-likeness (QED) is 0.834. The number of hydrogen-bond donors (Lipinski definition) is 1. The molecule has 5 heteroatoms. The highest BCUT2D eigenvalue weighted by atomic mass is 35.5. The summed E-state index contributed by atoms with van der Waals surface area (Å²) in [6.45, 7) is 6.05. The van der Waals surface area contributed by atoms with Crippen LogP contribution >= 0.6 is 23.2 Å². The Kier molecular flexibility index (Phi) is 6.09. The fourth-order valence-corrected chi connectivity index (χ4v) is 2.75. The van der Waals surface area contributed by atoms with Gasteiger partial charge in [0.25, 0.3) is 0 Å². The van der Waals surface area contributed by atoms with Crippen LogP contribution in [-0.2, 0) is 19.4 Å². The van der Waals surface area contributed by atoms with Crippen LogP contribution in [0.2, 0.25) is 10.0 Å². The third-order valence-electron chi connectivity index (χ3n) is 3.45. The molecule has 114 valence electrons. The van der Waals surface area contributed by atoms with Crippen molar-refractivity contribution in [3.05, 3.63) is 51.8 Å². The van der Waals surface area contributed by atoms with Gasteiger partial charge in [0, 0.05) is 18.8 Å². The zero-order chi connectivity index (χ0) is 15.2. The van der Waals surface area contributed by atoms with Crippen LogP contribution in [0.4, 0.5) is 0 Å². The van der Waals surface area contributed by atoms with Crippen LogP contribution in [-0.4, -0.2) is 22.4 Å². The van der Waals surface area contributed by atoms with Crippen molar-refractivity contribution in [2.45, 2.75) is 39.3 Å². The molecule has 0 radical (unpaired) electrons. The molecular formula is C16H21Cl2N3. The Labute approximate surface area is 136 Å². The van der Waals surface area contributed by atoms with Gasteiger partial charge in [0.2, 0.25) is 0 Å². The maximum absolute atomic E-state index is 6.09. The fourth-order valence-electron chi connectivity index (χ4n) is 2.43. The topological polar surface area (TPSA) is 29.9 Å². The zero-order valence-electron chi connectivity index (χ0n) is 12.4. The van der Waals surface area contributed by atoms with Crippen molar-refractivity contribution in [3.63, 3.8) is 0 Å². The van der Waals surface area contributed by atoms with Crippen LogP contribution in [0.3, 0.4) is 0 Å².